The Bertz CT molecular complexity index is 861. The first kappa shape index (κ1) is 23.1. The topological polar surface area (TPSA) is 78.1 Å². The number of carbonyl (C=O) groups is 1. The lowest BCUT2D eigenvalue weighted by atomic mass is 9.49. The van der Waals surface area contributed by atoms with Crippen molar-refractivity contribution < 1.29 is 4.79 Å². The molecule has 1 amide bonds. The second-order valence-corrected chi connectivity index (χ2v) is 10.9. The van der Waals surface area contributed by atoms with Gasteiger partial charge in [0.2, 0.25) is 0 Å². The van der Waals surface area contributed by atoms with Crippen LogP contribution < -0.4 is 10.9 Å². The molecule has 6 fully saturated rings. The maximum Gasteiger partial charge on any atom is 0.263 e. The molecule has 6 aliphatic rings. The van der Waals surface area contributed by atoms with E-state index >= 15 is 0 Å². The van der Waals surface area contributed by atoms with E-state index in [4.69, 9.17) is 4.98 Å². The summed E-state index contributed by atoms with van der Waals surface area (Å²) in [6.45, 7) is 3.60. The molecular weight excluding hydrogens is 435 g/mol. The molecule has 7 rings (SSSR count). The zero-order chi connectivity index (χ0) is 19.6. The second-order valence-electron chi connectivity index (χ2n) is 10.9. The van der Waals surface area contributed by atoms with Crippen LogP contribution in [0, 0.1) is 23.2 Å². The molecule has 4 aliphatic carbocycles. The predicted molar refractivity (Wildman–Crippen MR) is 124 cm³/mol. The molecular formula is C23H34Cl2N4O2. The summed E-state index contributed by atoms with van der Waals surface area (Å²) in [6.07, 6.45) is 12.5. The first-order valence-corrected chi connectivity index (χ1v) is 11.6. The molecule has 8 heteroatoms. The molecule has 2 N–H and O–H groups in total. The zero-order valence-electron chi connectivity index (χ0n) is 18.0. The smallest absolute Gasteiger partial charge is 0.263 e. The van der Waals surface area contributed by atoms with E-state index < -0.39 is 0 Å². The number of hydrogen-bond donors (Lipinski definition) is 2. The third-order valence-electron chi connectivity index (χ3n) is 8.96. The van der Waals surface area contributed by atoms with E-state index in [0.29, 0.717) is 0 Å². The number of nitrogens with zero attached hydrogens (tertiary/aromatic N) is 2. The molecule has 4 bridgehead atoms. The van der Waals surface area contributed by atoms with Crippen LogP contribution in [0.5, 0.6) is 0 Å². The van der Waals surface area contributed by atoms with E-state index in [1.165, 1.54) is 38.5 Å². The van der Waals surface area contributed by atoms with Crippen LogP contribution in [0.2, 0.25) is 0 Å². The van der Waals surface area contributed by atoms with Gasteiger partial charge in [0.05, 0.1) is 0 Å². The number of H-pyrrole nitrogens is 1. The maximum atomic E-state index is 13.1. The van der Waals surface area contributed by atoms with Crippen molar-refractivity contribution in [1.29, 1.82) is 0 Å². The van der Waals surface area contributed by atoms with Crippen LogP contribution in [-0.4, -0.2) is 47.0 Å². The molecule has 31 heavy (non-hydrogen) atoms. The van der Waals surface area contributed by atoms with E-state index in [1.54, 1.807) is 6.20 Å². The highest BCUT2D eigenvalue weighted by molar-refractivity contribution is 5.93. The molecule has 2 aliphatic heterocycles. The quantitative estimate of drug-likeness (QED) is 0.697. The highest BCUT2D eigenvalue weighted by Crippen LogP contribution is 2.59. The van der Waals surface area contributed by atoms with Gasteiger partial charge in [0.1, 0.15) is 11.4 Å². The maximum absolute atomic E-state index is 13.1. The number of likely N-dealkylation sites (tertiary alicyclic amines) is 1. The fraction of sp³-hybridized carbons (Fsp3) is 0.783. The van der Waals surface area contributed by atoms with Crippen molar-refractivity contribution in [2.75, 3.05) is 26.2 Å². The van der Waals surface area contributed by atoms with E-state index in [-0.39, 0.29) is 52.7 Å². The van der Waals surface area contributed by atoms with Gasteiger partial charge in [-0.1, -0.05) is 0 Å². The summed E-state index contributed by atoms with van der Waals surface area (Å²) in [6, 6.07) is 0. The number of halogens is 2. The number of rotatable bonds is 2. The van der Waals surface area contributed by atoms with Gasteiger partial charge in [0.25, 0.3) is 11.5 Å². The minimum Gasteiger partial charge on any atom is -0.338 e. The van der Waals surface area contributed by atoms with Gasteiger partial charge in [-0.2, -0.15) is 0 Å². The largest absolute Gasteiger partial charge is 0.338 e. The fourth-order valence-electron chi connectivity index (χ4n) is 7.86. The van der Waals surface area contributed by atoms with Crippen LogP contribution in [0.25, 0.3) is 0 Å². The Hall–Kier alpha value is -1.11. The number of hydrogen-bond acceptors (Lipinski definition) is 4. The number of nitrogens with one attached hydrogen (secondary N) is 2. The van der Waals surface area contributed by atoms with Gasteiger partial charge in [-0.25, -0.2) is 4.98 Å². The third kappa shape index (κ3) is 3.83. The number of piperidine rings is 1. The minimum absolute atomic E-state index is 0. The van der Waals surface area contributed by atoms with Gasteiger partial charge in [-0.15, -0.1) is 24.8 Å². The molecule has 6 nitrogen and oxygen atoms in total. The third-order valence-corrected chi connectivity index (χ3v) is 8.96. The summed E-state index contributed by atoms with van der Waals surface area (Å²) in [7, 11) is 0. The molecule has 4 saturated carbocycles. The predicted octanol–water partition coefficient (Wildman–Crippen LogP) is 3.30. The van der Waals surface area contributed by atoms with Gasteiger partial charge >= 0.3 is 0 Å². The number of carbonyl (C=O) groups excluding carboxylic acids is 1. The first-order valence-electron chi connectivity index (χ1n) is 11.6. The van der Waals surface area contributed by atoms with Crippen molar-refractivity contribution in [3.8, 4) is 0 Å². The lowest BCUT2D eigenvalue weighted by Gasteiger charge is -2.56. The van der Waals surface area contributed by atoms with E-state index in [0.717, 1.165) is 69.0 Å². The highest BCUT2D eigenvalue weighted by Gasteiger charge is 2.53. The Balaban J connectivity index is 0.00000116. The van der Waals surface area contributed by atoms with Crippen LogP contribution >= 0.6 is 24.8 Å². The van der Waals surface area contributed by atoms with Gasteiger partial charge in [-0.05, 0) is 94.0 Å². The molecule has 0 unspecified atom stereocenters. The van der Waals surface area contributed by atoms with Crippen LogP contribution in [0.15, 0.2) is 11.0 Å². The summed E-state index contributed by atoms with van der Waals surface area (Å²) in [5.41, 5.74) is 0.300. The van der Waals surface area contributed by atoms with Crippen molar-refractivity contribution in [1.82, 2.24) is 20.2 Å². The Kier molecular flexibility index (Phi) is 6.21. The molecule has 172 valence electrons. The second kappa shape index (κ2) is 8.35. The average molecular weight is 469 g/mol. The normalized spacial score (nSPS) is 35.0. The zero-order valence-corrected chi connectivity index (χ0v) is 19.7. The van der Waals surface area contributed by atoms with Crippen molar-refractivity contribution >= 4 is 30.7 Å². The molecule has 2 saturated heterocycles. The fourth-order valence-corrected chi connectivity index (χ4v) is 7.86. The number of amides is 1. The standard InChI is InChI=1S/C23H32N4O2.2ClH/c28-19-18(20(29)27-6-3-22(14-27)1-4-24-5-2-22)13-25-21(26-19)23-10-15-7-16(11-23)9-17(8-15)12-23;;/h13,15-17,24H,1-12,14H2,(H,25,26,28);2*1H. The lowest BCUT2D eigenvalue weighted by molar-refractivity contribution is -0.00954. The Morgan fingerprint density at radius 3 is 2.19 bits per heavy atom. The molecule has 3 heterocycles. The molecule has 0 aromatic carbocycles. The van der Waals surface area contributed by atoms with Crippen molar-refractivity contribution in [2.24, 2.45) is 23.2 Å². The Labute approximate surface area is 196 Å². The highest BCUT2D eigenvalue weighted by atomic mass is 35.5. The minimum atomic E-state index is -0.234. The molecule has 1 spiro atoms. The summed E-state index contributed by atoms with van der Waals surface area (Å²) in [5.74, 6) is 3.14. The Morgan fingerprint density at radius 2 is 1.61 bits per heavy atom. The van der Waals surface area contributed by atoms with E-state index in [2.05, 4.69) is 10.3 Å². The first-order chi connectivity index (χ1) is 14.0. The lowest BCUT2D eigenvalue weighted by Crippen LogP contribution is -2.50. The molecule has 1 aromatic heterocycles. The monoisotopic (exact) mass is 468 g/mol. The SMILES string of the molecule is Cl.Cl.O=C(c1cnc(C23CC4CC(CC(C4)C2)C3)[nH]c1=O)N1CCC2(CCNCC2)C1. The van der Waals surface area contributed by atoms with E-state index in [9.17, 15) is 9.59 Å². The van der Waals surface area contributed by atoms with Gasteiger partial charge < -0.3 is 15.2 Å². The van der Waals surface area contributed by atoms with Crippen molar-refractivity contribution in [2.45, 2.75) is 63.2 Å². The van der Waals surface area contributed by atoms with Crippen LogP contribution in [0.4, 0.5) is 0 Å². The van der Waals surface area contributed by atoms with Crippen molar-refractivity contribution in [3.63, 3.8) is 0 Å². The summed E-state index contributed by atoms with van der Waals surface area (Å²) >= 11 is 0. The molecule has 0 radical (unpaired) electrons. The van der Waals surface area contributed by atoms with Gasteiger partial charge in [0, 0.05) is 24.7 Å². The summed E-state index contributed by atoms with van der Waals surface area (Å²) in [5, 5.41) is 3.41. The summed E-state index contributed by atoms with van der Waals surface area (Å²) in [4.78, 5) is 35.7. The van der Waals surface area contributed by atoms with Crippen LogP contribution in [0.1, 0.15) is 74.0 Å². The Morgan fingerprint density at radius 1 is 1.00 bits per heavy atom. The number of aromatic amines is 1. The van der Waals surface area contributed by atoms with Gasteiger partial charge in [-0.3, -0.25) is 9.59 Å². The van der Waals surface area contributed by atoms with Crippen LogP contribution in [-0.2, 0) is 5.41 Å². The van der Waals surface area contributed by atoms with Crippen LogP contribution in [0.3, 0.4) is 0 Å². The van der Waals surface area contributed by atoms with E-state index in [1.807, 2.05) is 4.90 Å². The number of aromatic nitrogens is 2. The molecule has 0 atom stereocenters. The van der Waals surface area contributed by atoms with Crippen molar-refractivity contribution in [3.05, 3.63) is 27.9 Å². The molecule has 1 aromatic rings. The average Bonchev–Trinajstić information content (AvgIpc) is 3.10. The van der Waals surface area contributed by atoms with Gasteiger partial charge in [0.15, 0.2) is 0 Å². The summed E-state index contributed by atoms with van der Waals surface area (Å²) < 4.78 is 0.